The maximum absolute atomic E-state index is 12.5. The Bertz CT molecular complexity index is 545. The maximum Gasteiger partial charge on any atom is 0.471 e. The first-order valence-corrected chi connectivity index (χ1v) is 6.80. The van der Waals surface area contributed by atoms with Crippen molar-refractivity contribution in [1.82, 2.24) is 4.90 Å². The molecule has 0 fully saturated rings. The van der Waals surface area contributed by atoms with E-state index in [0.29, 0.717) is 16.5 Å². The zero-order valence-corrected chi connectivity index (χ0v) is 12.1. The summed E-state index contributed by atoms with van der Waals surface area (Å²) in [5.41, 5.74) is 1.57. The summed E-state index contributed by atoms with van der Waals surface area (Å²) in [6, 6.07) is 3.37. The highest BCUT2D eigenvalue weighted by atomic mass is 35.5. The smallest absolute Gasteiger partial charge is 0.334 e. The number of benzene rings is 1. The van der Waals surface area contributed by atoms with Gasteiger partial charge in [-0.15, -0.1) is 0 Å². The first-order valence-electron chi connectivity index (χ1n) is 6.04. The van der Waals surface area contributed by atoms with Gasteiger partial charge in [-0.2, -0.15) is 13.2 Å². The molecule has 0 saturated heterocycles. The van der Waals surface area contributed by atoms with Gasteiger partial charge in [-0.05, 0) is 23.6 Å². The first-order chi connectivity index (χ1) is 9.21. The number of amides is 1. The zero-order valence-electron chi connectivity index (χ0n) is 10.6. The van der Waals surface area contributed by atoms with Crippen molar-refractivity contribution in [2.45, 2.75) is 25.4 Å². The predicted molar refractivity (Wildman–Crippen MR) is 71.2 cm³/mol. The Labute approximate surface area is 124 Å². The summed E-state index contributed by atoms with van der Waals surface area (Å²) < 4.78 is 37.6. The molecule has 110 valence electrons. The lowest BCUT2D eigenvalue weighted by atomic mass is 9.95. The van der Waals surface area contributed by atoms with Crippen LogP contribution < -0.4 is 0 Å². The third kappa shape index (κ3) is 2.88. The summed E-state index contributed by atoms with van der Waals surface area (Å²) in [6.45, 7) is 1.74. The Balaban J connectivity index is 2.33. The van der Waals surface area contributed by atoms with Gasteiger partial charge in [0.05, 0.1) is 10.0 Å². The number of fused-ring (bicyclic) bond motifs is 1. The highest BCUT2D eigenvalue weighted by Crippen LogP contribution is 2.36. The molecule has 0 aliphatic carbocycles. The highest BCUT2D eigenvalue weighted by molar-refractivity contribution is 6.42. The zero-order chi connectivity index (χ0) is 15.1. The Morgan fingerprint density at radius 1 is 1.35 bits per heavy atom. The summed E-state index contributed by atoms with van der Waals surface area (Å²) in [6.07, 6.45) is -4.52. The molecule has 0 aromatic heterocycles. The van der Waals surface area contributed by atoms with Gasteiger partial charge in [-0.3, -0.25) is 4.79 Å². The fraction of sp³-hybridized carbons (Fsp3) is 0.462. The molecular weight excluding hydrogens is 314 g/mol. The molecule has 0 saturated carbocycles. The molecule has 1 aliphatic heterocycles. The van der Waals surface area contributed by atoms with Crippen LogP contribution >= 0.6 is 23.2 Å². The molecule has 1 aliphatic rings. The number of alkyl halides is 3. The van der Waals surface area contributed by atoms with Gasteiger partial charge in [0.15, 0.2) is 0 Å². The molecule has 0 N–H and O–H groups in total. The lowest BCUT2D eigenvalue weighted by Gasteiger charge is -2.24. The van der Waals surface area contributed by atoms with Crippen LogP contribution in [0.2, 0.25) is 10.0 Å². The van der Waals surface area contributed by atoms with E-state index in [-0.39, 0.29) is 19.0 Å². The van der Waals surface area contributed by atoms with E-state index in [9.17, 15) is 18.0 Å². The maximum atomic E-state index is 12.5. The molecule has 1 aromatic carbocycles. The summed E-state index contributed by atoms with van der Waals surface area (Å²) in [5.74, 6) is -2.11. The average molecular weight is 326 g/mol. The predicted octanol–water partition coefficient (Wildman–Crippen LogP) is 4.04. The van der Waals surface area contributed by atoms with Crippen LogP contribution in [0.4, 0.5) is 13.2 Å². The lowest BCUT2D eigenvalue weighted by Crippen LogP contribution is -2.42. The van der Waals surface area contributed by atoms with E-state index in [1.165, 1.54) is 0 Å². The van der Waals surface area contributed by atoms with Crippen molar-refractivity contribution in [3.05, 3.63) is 33.3 Å². The SMILES string of the molecule is C[C@H]1CN(C(=O)C(F)(F)F)CCc2ccc(Cl)c(Cl)c21. The van der Waals surface area contributed by atoms with Gasteiger partial charge in [0, 0.05) is 19.0 Å². The number of carbonyl (C=O) groups excluding carboxylic acids is 1. The van der Waals surface area contributed by atoms with E-state index < -0.39 is 12.1 Å². The largest absolute Gasteiger partial charge is 0.471 e. The van der Waals surface area contributed by atoms with Crippen molar-refractivity contribution < 1.29 is 18.0 Å². The fourth-order valence-corrected chi connectivity index (χ4v) is 3.02. The minimum atomic E-state index is -4.85. The standard InChI is InChI=1S/C13H12Cl2F3NO/c1-7-6-19(12(20)13(16,17)18)5-4-8-2-3-9(14)11(15)10(7)8/h2-3,7H,4-6H2,1H3/t7-/m0/s1. The van der Waals surface area contributed by atoms with Gasteiger partial charge in [0.25, 0.3) is 0 Å². The topological polar surface area (TPSA) is 20.3 Å². The van der Waals surface area contributed by atoms with Gasteiger partial charge >= 0.3 is 12.1 Å². The number of carbonyl (C=O) groups is 1. The highest BCUT2D eigenvalue weighted by Gasteiger charge is 2.43. The van der Waals surface area contributed by atoms with E-state index in [0.717, 1.165) is 16.0 Å². The minimum absolute atomic E-state index is 0.0215. The lowest BCUT2D eigenvalue weighted by molar-refractivity contribution is -0.185. The molecule has 2 nitrogen and oxygen atoms in total. The molecule has 20 heavy (non-hydrogen) atoms. The van der Waals surface area contributed by atoms with Crippen LogP contribution in [0, 0.1) is 0 Å². The van der Waals surface area contributed by atoms with Gasteiger partial charge in [-0.25, -0.2) is 0 Å². The first kappa shape index (κ1) is 15.4. The van der Waals surface area contributed by atoms with Gasteiger partial charge < -0.3 is 4.90 Å². The Morgan fingerprint density at radius 2 is 2.00 bits per heavy atom. The second-order valence-corrected chi connectivity index (χ2v) is 5.62. The monoisotopic (exact) mass is 325 g/mol. The van der Waals surface area contributed by atoms with Crippen molar-refractivity contribution in [1.29, 1.82) is 0 Å². The van der Waals surface area contributed by atoms with E-state index in [4.69, 9.17) is 23.2 Å². The summed E-state index contributed by atoms with van der Waals surface area (Å²) in [7, 11) is 0. The van der Waals surface area contributed by atoms with Crippen molar-refractivity contribution in [3.8, 4) is 0 Å². The number of nitrogens with zero attached hydrogens (tertiary/aromatic N) is 1. The van der Waals surface area contributed by atoms with Crippen molar-refractivity contribution in [2.75, 3.05) is 13.1 Å². The second-order valence-electron chi connectivity index (χ2n) is 4.83. The Kier molecular flexibility index (Phi) is 4.21. The van der Waals surface area contributed by atoms with E-state index in [1.54, 1.807) is 19.1 Å². The fourth-order valence-electron chi connectivity index (χ4n) is 2.49. The van der Waals surface area contributed by atoms with Crippen LogP contribution in [0.25, 0.3) is 0 Å². The molecule has 0 radical (unpaired) electrons. The Hall–Kier alpha value is -0.940. The Morgan fingerprint density at radius 3 is 2.60 bits per heavy atom. The molecule has 0 bridgehead atoms. The van der Waals surface area contributed by atoms with E-state index in [1.807, 2.05) is 0 Å². The molecule has 0 spiro atoms. The number of rotatable bonds is 0. The van der Waals surface area contributed by atoms with Gasteiger partial charge in [-0.1, -0.05) is 36.2 Å². The number of hydrogen-bond donors (Lipinski definition) is 0. The van der Waals surface area contributed by atoms with Crippen molar-refractivity contribution in [2.24, 2.45) is 0 Å². The molecule has 1 aromatic rings. The second kappa shape index (κ2) is 5.45. The van der Waals surface area contributed by atoms with Crippen molar-refractivity contribution in [3.63, 3.8) is 0 Å². The normalized spacial score (nSPS) is 19.5. The molecule has 1 heterocycles. The summed E-state index contributed by atoms with van der Waals surface area (Å²) in [5, 5.41) is 0.728. The number of halogens is 5. The number of hydrogen-bond acceptors (Lipinski definition) is 1. The molecule has 1 atom stereocenters. The third-order valence-corrected chi connectivity index (χ3v) is 4.21. The van der Waals surface area contributed by atoms with Crippen LogP contribution in [0.3, 0.4) is 0 Å². The third-order valence-electron chi connectivity index (χ3n) is 3.39. The van der Waals surface area contributed by atoms with Gasteiger partial charge in [0.1, 0.15) is 0 Å². The minimum Gasteiger partial charge on any atom is -0.334 e. The summed E-state index contributed by atoms with van der Waals surface area (Å²) >= 11 is 12.1. The molecule has 1 amide bonds. The van der Waals surface area contributed by atoms with Crippen LogP contribution in [0.15, 0.2) is 12.1 Å². The molecule has 2 rings (SSSR count). The average Bonchev–Trinajstić information content (AvgIpc) is 2.51. The summed E-state index contributed by atoms with van der Waals surface area (Å²) in [4.78, 5) is 12.2. The van der Waals surface area contributed by atoms with E-state index >= 15 is 0 Å². The van der Waals surface area contributed by atoms with Gasteiger partial charge in [0.2, 0.25) is 0 Å². The van der Waals surface area contributed by atoms with Crippen molar-refractivity contribution >= 4 is 29.1 Å². The quantitative estimate of drug-likeness (QED) is 0.704. The van der Waals surface area contributed by atoms with Crippen LogP contribution in [-0.2, 0) is 11.2 Å². The van der Waals surface area contributed by atoms with Crippen LogP contribution in [-0.4, -0.2) is 30.1 Å². The molecule has 0 unspecified atom stereocenters. The van der Waals surface area contributed by atoms with E-state index in [2.05, 4.69) is 0 Å². The van der Waals surface area contributed by atoms with Crippen LogP contribution in [0.1, 0.15) is 24.0 Å². The molecular formula is C13H12Cl2F3NO. The molecule has 7 heteroatoms. The van der Waals surface area contributed by atoms with Crippen LogP contribution in [0.5, 0.6) is 0 Å².